The first kappa shape index (κ1) is 19.0. The number of hydrogen-bond donors (Lipinski definition) is 2. The van der Waals surface area contributed by atoms with E-state index >= 15 is 0 Å². The molecule has 2 saturated heterocycles. The summed E-state index contributed by atoms with van der Waals surface area (Å²) in [7, 11) is 0. The van der Waals surface area contributed by atoms with Gasteiger partial charge < -0.3 is 10.4 Å². The molecule has 1 aromatic heterocycles. The third-order valence-electron chi connectivity index (χ3n) is 5.89. The summed E-state index contributed by atoms with van der Waals surface area (Å²) in [5.41, 5.74) is 2.77. The van der Waals surface area contributed by atoms with Gasteiger partial charge in [0.25, 0.3) is 6.43 Å². The quantitative estimate of drug-likeness (QED) is 0.616. The molecule has 1 saturated carbocycles. The molecule has 3 fully saturated rings. The summed E-state index contributed by atoms with van der Waals surface area (Å²) in [4.78, 5) is 6.00. The molecular weight excluding hydrogens is 390 g/mol. The molecule has 1 aliphatic carbocycles. The molecule has 0 unspecified atom stereocenters. The Morgan fingerprint density at radius 2 is 1.97 bits per heavy atom. The lowest BCUT2D eigenvalue weighted by Gasteiger charge is -2.46. The predicted octanol–water partition coefficient (Wildman–Crippen LogP) is 4.98. The average molecular weight is 412 g/mol. The molecule has 3 aliphatic rings. The highest BCUT2D eigenvalue weighted by Crippen LogP contribution is 2.39. The van der Waals surface area contributed by atoms with Crippen molar-refractivity contribution < 1.29 is 18.7 Å². The Bertz CT molecular complexity index is 1080. The van der Waals surface area contributed by atoms with Crippen LogP contribution in [0.3, 0.4) is 0 Å². The zero-order valence-corrected chi connectivity index (χ0v) is 16.4. The Balaban J connectivity index is 1.44. The molecule has 2 N–H and O–H groups in total. The van der Waals surface area contributed by atoms with Crippen LogP contribution in [0.5, 0.6) is 5.75 Å². The van der Waals surface area contributed by atoms with Gasteiger partial charge in [-0.3, -0.25) is 9.90 Å². The highest BCUT2D eigenvalue weighted by atomic mass is 19.3. The fraction of sp³-hybridized carbons (Fsp3) is 0.364. The average Bonchev–Trinajstić information content (AvgIpc) is 2.72. The standard InChI is InChI=1S/C22H22F2N4O2/c1-12(14-6-15(22(23)24)8-17(29)7-14)26-21-10-25-27-20-3-2-16(9-19(20)21)28-11-13-4-18(5-13)30-28/h2-3,6-10,12-13,18,22,29H,4-5,11H2,1H3,(H,26,27)/t12-,13?,18?/m1/s1. The Labute approximate surface area is 172 Å². The molecule has 0 amide bonds. The van der Waals surface area contributed by atoms with E-state index in [4.69, 9.17) is 4.84 Å². The topological polar surface area (TPSA) is 70.5 Å². The highest BCUT2D eigenvalue weighted by molar-refractivity contribution is 5.93. The number of hydroxylamine groups is 1. The van der Waals surface area contributed by atoms with Crippen LogP contribution in [0.15, 0.2) is 42.6 Å². The van der Waals surface area contributed by atoms with E-state index in [0.717, 1.165) is 47.7 Å². The molecular formula is C22H22F2N4O2. The lowest BCUT2D eigenvalue weighted by molar-refractivity contribution is -0.0948. The van der Waals surface area contributed by atoms with E-state index in [-0.39, 0.29) is 17.4 Å². The summed E-state index contributed by atoms with van der Waals surface area (Å²) in [5.74, 6) is 0.500. The fourth-order valence-electron chi connectivity index (χ4n) is 4.20. The number of halogens is 2. The van der Waals surface area contributed by atoms with Crippen LogP contribution < -0.4 is 10.4 Å². The van der Waals surface area contributed by atoms with Gasteiger partial charge in [0.2, 0.25) is 0 Å². The predicted molar refractivity (Wildman–Crippen MR) is 110 cm³/mol. The van der Waals surface area contributed by atoms with Crippen LogP contribution >= 0.6 is 0 Å². The van der Waals surface area contributed by atoms with Crippen molar-refractivity contribution in [1.29, 1.82) is 0 Å². The van der Waals surface area contributed by atoms with E-state index in [1.54, 1.807) is 6.20 Å². The minimum atomic E-state index is -2.65. The van der Waals surface area contributed by atoms with Crippen molar-refractivity contribution in [3.05, 3.63) is 53.7 Å². The lowest BCUT2D eigenvalue weighted by atomic mass is 9.81. The number of benzene rings is 2. The molecule has 156 valence electrons. The van der Waals surface area contributed by atoms with Crippen LogP contribution in [-0.4, -0.2) is 28.0 Å². The minimum Gasteiger partial charge on any atom is -0.508 e. The van der Waals surface area contributed by atoms with E-state index in [0.29, 0.717) is 17.6 Å². The maximum absolute atomic E-state index is 13.1. The molecule has 8 heteroatoms. The lowest BCUT2D eigenvalue weighted by Crippen LogP contribution is -2.50. The number of anilines is 2. The maximum atomic E-state index is 13.1. The van der Waals surface area contributed by atoms with Gasteiger partial charge in [0, 0.05) is 23.5 Å². The Kier molecular flexibility index (Phi) is 4.66. The Hall–Kier alpha value is -3.00. The van der Waals surface area contributed by atoms with Crippen molar-refractivity contribution >= 4 is 22.3 Å². The Morgan fingerprint density at radius 1 is 1.17 bits per heavy atom. The van der Waals surface area contributed by atoms with E-state index in [1.165, 1.54) is 12.1 Å². The summed E-state index contributed by atoms with van der Waals surface area (Å²) >= 11 is 0. The van der Waals surface area contributed by atoms with Crippen molar-refractivity contribution in [3.63, 3.8) is 0 Å². The number of nitrogens with zero attached hydrogens (tertiary/aromatic N) is 3. The van der Waals surface area contributed by atoms with Gasteiger partial charge in [0.15, 0.2) is 0 Å². The third-order valence-corrected chi connectivity index (χ3v) is 5.89. The summed E-state index contributed by atoms with van der Waals surface area (Å²) in [6, 6.07) is 9.53. The van der Waals surface area contributed by atoms with Gasteiger partial charge in [-0.15, -0.1) is 0 Å². The van der Waals surface area contributed by atoms with Gasteiger partial charge in [0.05, 0.1) is 29.2 Å². The van der Waals surface area contributed by atoms with E-state index < -0.39 is 6.43 Å². The van der Waals surface area contributed by atoms with Crippen LogP contribution in [-0.2, 0) is 4.84 Å². The van der Waals surface area contributed by atoms with E-state index in [2.05, 4.69) is 15.5 Å². The van der Waals surface area contributed by atoms with Crippen molar-refractivity contribution in [2.45, 2.75) is 38.3 Å². The maximum Gasteiger partial charge on any atom is 0.263 e. The van der Waals surface area contributed by atoms with Gasteiger partial charge in [-0.25, -0.2) is 8.78 Å². The molecule has 0 spiro atoms. The van der Waals surface area contributed by atoms with Gasteiger partial charge in [-0.05, 0) is 67.6 Å². The molecule has 2 bridgehead atoms. The first-order valence-corrected chi connectivity index (χ1v) is 10.0. The number of aromatic hydroxyl groups is 1. The second-order valence-corrected chi connectivity index (χ2v) is 8.11. The van der Waals surface area contributed by atoms with Gasteiger partial charge in [-0.2, -0.15) is 10.2 Å². The van der Waals surface area contributed by atoms with Crippen molar-refractivity contribution in [3.8, 4) is 5.75 Å². The van der Waals surface area contributed by atoms with Gasteiger partial charge >= 0.3 is 0 Å². The van der Waals surface area contributed by atoms with Gasteiger partial charge in [-0.1, -0.05) is 0 Å². The van der Waals surface area contributed by atoms with Crippen LogP contribution in [0, 0.1) is 5.92 Å². The minimum absolute atomic E-state index is 0.183. The number of aromatic nitrogens is 2. The molecule has 3 aromatic rings. The number of phenols is 1. The molecule has 2 aliphatic heterocycles. The van der Waals surface area contributed by atoms with Crippen LogP contribution in [0.1, 0.15) is 43.4 Å². The number of nitrogens with one attached hydrogen (secondary N) is 1. The van der Waals surface area contributed by atoms with Crippen LogP contribution in [0.25, 0.3) is 10.9 Å². The monoisotopic (exact) mass is 412 g/mol. The fourth-order valence-corrected chi connectivity index (χ4v) is 4.20. The normalized spacial score (nSPS) is 21.5. The van der Waals surface area contributed by atoms with E-state index in [1.807, 2.05) is 30.2 Å². The summed E-state index contributed by atoms with van der Waals surface area (Å²) in [6.45, 7) is 2.72. The largest absolute Gasteiger partial charge is 0.508 e. The molecule has 6 rings (SSSR count). The number of fused-ring (bicyclic) bond motifs is 3. The molecule has 0 radical (unpaired) electrons. The molecule has 6 nitrogen and oxygen atoms in total. The summed E-state index contributed by atoms with van der Waals surface area (Å²) in [6.07, 6.45) is 1.54. The van der Waals surface area contributed by atoms with E-state index in [9.17, 15) is 13.9 Å². The molecule has 1 atom stereocenters. The molecule has 2 aromatic carbocycles. The Morgan fingerprint density at radius 3 is 2.70 bits per heavy atom. The first-order chi connectivity index (χ1) is 14.5. The SMILES string of the molecule is C[C@@H](Nc1cnnc2ccc(N3CC4CC(C4)O3)cc12)c1cc(O)cc(C(F)F)c1. The van der Waals surface area contributed by atoms with Crippen molar-refractivity contribution in [2.75, 3.05) is 16.9 Å². The van der Waals surface area contributed by atoms with Gasteiger partial charge in [0.1, 0.15) is 5.75 Å². The number of alkyl halides is 2. The highest BCUT2D eigenvalue weighted by Gasteiger charge is 2.38. The molecule has 3 heterocycles. The van der Waals surface area contributed by atoms with Crippen LogP contribution in [0.4, 0.5) is 20.2 Å². The summed E-state index contributed by atoms with van der Waals surface area (Å²) in [5, 5.41) is 24.2. The number of phenolic OH excluding ortho intramolecular Hbond substituents is 1. The summed E-state index contributed by atoms with van der Waals surface area (Å²) < 4.78 is 26.2. The van der Waals surface area contributed by atoms with Crippen molar-refractivity contribution in [2.24, 2.45) is 5.92 Å². The smallest absolute Gasteiger partial charge is 0.263 e. The zero-order valence-electron chi connectivity index (χ0n) is 16.4. The second-order valence-electron chi connectivity index (χ2n) is 8.11. The number of rotatable bonds is 5. The number of hydrogen-bond acceptors (Lipinski definition) is 6. The van der Waals surface area contributed by atoms with Crippen molar-refractivity contribution in [1.82, 2.24) is 10.2 Å². The molecule has 30 heavy (non-hydrogen) atoms. The first-order valence-electron chi connectivity index (χ1n) is 10.0. The zero-order chi connectivity index (χ0) is 20.8. The van der Waals surface area contributed by atoms with Crippen LogP contribution in [0.2, 0.25) is 0 Å². The second kappa shape index (κ2) is 7.36. The third kappa shape index (κ3) is 3.52.